The van der Waals surface area contributed by atoms with E-state index in [1.54, 1.807) is 14.2 Å². The molecule has 5 nitrogen and oxygen atoms in total. The van der Waals surface area contributed by atoms with Crippen LogP contribution in [0.4, 0.5) is 0 Å². The fourth-order valence-electron chi connectivity index (χ4n) is 1.47. The van der Waals surface area contributed by atoms with Gasteiger partial charge in [-0.2, -0.15) is 0 Å². The molecule has 0 spiro atoms. The lowest BCUT2D eigenvalue weighted by atomic mass is 10.3. The Morgan fingerprint density at radius 2 is 2.16 bits per heavy atom. The van der Waals surface area contributed by atoms with Gasteiger partial charge in [0.2, 0.25) is 0 Å². The van der Waals surface area contributed by atoms with E-state index >= 15 is 0 Å². The van der Waals surface area contributed by atoms with Gasteiger partial charge in [0.15, 0.2) is 11.5 Å². The summed E-state index contributed by atoms with van der Waals surface area (Å²) in [5.74, 6) is 1.23. The molecule has 6 heteroatoms. The molecule has 0 radical (unpaired) electrons. The van der Waals surface area contributed by atoms with Crippen LogP contribution < -0.4 is 14.8 Å². The van der Waals surface area contributed by atoms with Gasteiger partial charge in [-0.05, 0) is 28.1 Å². The second-order valence-corrected chi connectivity index (χ2v) is 4.79. The van der Waals surface area contributed by atoms with E-state index < -0.39 is 6.10 Å². The summed E-state index contributed by atoms with van der Waals surface area (Å²) in [6.45, 7) is 1.96. The third-order valence-electron chi connectivity index (χ3n) is 2.43. The fourth-order valence-corrected chi connectivity index (χ4v) is 1.93. The average Bonchev–Trinajstić information content (AvgIpc) is 2.42. The highest BCUT2D eigenvalue weighted by Gasteiger charge is 2.11. The molecule has 0 heterocycles. The molecule has 1 rings (SSSR count). The third kappa shape index (κ3) is 5.78. The van der Waals surface area contributed by atoms with Gasteiger partial charge in [-0.1, -0.05) is 6.07 Å². The van der Waals surface area contributed by atoms with E-state index in [2.05, 4.69) is 21.2 Å². The molecule has 0 aliphatic rings. The lowest BCUT2D eigenvalue weighted by molar-refractivity contribution is 0.101. The molecule has 0 aliphatic heterocycles. The first-order valence-corrected chi connectivity index (χ1v) is 6.81. The van der Waals surface area contributed by atoms with Gasteiger partial charge in [0, 0.05) is 20.2 Å². The van der Waals surface area contributed by atoms with Crippen LogP contribution in [0, 0.1) is 0 Å². The van der Waals surface area contributed by atoms with Crippen LogP contribution >= 0.6 is 15.9 Å². The highest BCUT2D eigenvalue weighted by Crippen LogP contribution is 2.34. The van der Waals surface area contributed by atoms with E-state index in [4.69, 9.17) is 14.2 Å². The molecule has 1 unspecified atom stereocenters. The summed E-state index contributed by atoms with van der Waals surface area (Å²) >= 11 is 3.39. The van der Waals surface area contributed by atoms with E-state index in [-0.39, 0.29) is 6.61 Å². The van der Waals surface area contributed by atoms with Crippen LogP contribution in [0.15, 0.2) is 22.7 Å². The average molecular weight is 334 g/mol. The van der Waals surface area contributed by atoms with Crippen LogP contribution in [-0.2, 0) is 4.74 Å². The van der Waals surface area contributed by atoms with Crippen molar-refractivity contribution >= 4 is 15.9 Å². The van der Waals surface area contributed by atoms with Gasteiger partial charge in [0.25, 0.3) is 0 Å². The Morgan fingerprint density at radius 3 is 2.84 bits per heavy atom. The summed E-state index contributed by atoms with van der Waals surface area (Å²) in [5, 5.41) is 12.8. The number of hydrogen-bond acceptors (Lipinski definition) is 5. The highest BCUT2D eigenvalue weighted by atomic mass is 79.9. The molecule has 0 saturated carbocycles. The van der Waals surface area contributed by atoms with E-state index in [9.17, 15) is 5.11 Å². The second-order valence-electron chi connectivity index (χ2n) is 3.93. The molecule has 0 aliphatic carbocycles. The van der Waals surface area contributed by atoms with Crippen LogP contribution in [-0.4, -0.2) is 51.7 Å². The topological polar surface area (TPSA) is 60.0 Å². The van der Waals surface area contributed by atoms with Crippen molar-refractivity contribution < 1.29 is 19.3 Å². The summed E-state index contributed by atoms with van der Waals surface area (Å²) in [7, 11) is 3.22. The predicted octanol–water partition coefficient (Wildman–Crippen LogP) is 1.43. The summed E-state index contributed by atoms with van der Waals surface area (Å²) in [6, 6.07) is 5.53. The van der Waals surface area contributed by atoms with Crippen molar-refractivity contribution in [2.24, 2.45) is 0 Å². The Morgan fingerprint density at radius 1 is 1.37 bits per heavy atom. The zero-order valence-corrected chi connectivity index (χ0v) is 12.8. The number of methoxy groups -OCH3 is 2. The first kappa shape index (κ1) is 16.2. The Labute approximate surface area is 122 Å². The van der Waals surface area contributed by atoms with Gasteiger partial charge in [-0.3, -0.25) is 0 Å². The maximum absolute atomic E-state index is 9.78. The summed E-state index contributed by atoms with van der Waals surface area (Å²) < 4.78 is 16.5. The number of halogens is 1. The minimum Gasteiger partial charge on any atom is -0.493 e. The molecule has 2 N–H and O–H groups in total. The number of benzene rings is 1. The minimum atomic E-state index is -0.589. The van der Waals surface area contributed by atoms with E-state index in [1.807, 2.05) is 18.2 Å². The molecule has 108 valence electrons. The van der Waals surface area contributed by atoms with Crippen LogP contribution in [0.5, 0.6) is 11.5 Å². The maximum Gasteiger partial charge on any atom is 0.175 e. The van der Waals surface area contributed by atoms with Crippen LogP contribution in [0.2, 0.25) is 0 Å². The zero-order chi connectivity index (χ0) is 14.1. The van der Waals surface area contributed by atoms with Gasteiger partial charge < -0.3 is 24.6 Å². The Hall–Kier alpha value is -0.820. The molecule has 1 aromatic carbocycles. The Balaban J connectivity index is 2.39. The van der Waals surface area contributed by atoms with Crippen molar-refractivity contribution in [2.45, 2.75) is 6.10 Å². The zero-order valence-electron chi connectivity index (χ0n) is 11.2. The molecule has 0 amide bonds. The van der Waals surface area contributed by atoms with Gasteiger partial charge in [-0.25, -0.2) is 0 Å². The lowest BCUT2D eigenvalue weighted by Crippen LogP contribution is -2.33. The van der Waals surface area contributed by atoms with Crippen molar-refractivity contribution in [2.75, 3.05) is 40.5 Å². The first-order chi connectivity index (χ1) is 9.19. The molecule has 1 atom stereocenters. The standard InChI is InChI=1S/C13H20BrNO4/c1-17-7-6-15-8-10(16)9-19-13-11(14)4-3-5-12(13)18-2/h3-5,10,15-16H,6-9H2,1-2H3. The number of aliphatic hydroxyl groups excluding tert-OH is 1. The monoisotopic (exact) mass is 333 g/mol. The first-order valence-electron chi connectivity index (χ1n) is 6.02. The number of aliphatic hydroxyl groups is 1. The SMILES string of the molecule is COCCNCC(O)COc1c(Br)cccc1OC. The van der Waals surface area contributed by atoms with Crippen molar-refractivity contribution in [1.82, 2.24) is 5.32 Å². The number of ether oxygens (including phenoxy) is 3. The molecule has 0 aromatic heterocycles. The smallest absolute Gasteiger partial charge is 0.175 e. The van der Waals surface area contributed by atoms with Gasteiger partial charge in [0.05, 0.1) is 18.2 Å². The molecule has 0 fully saturated rings. The number of hydrogen-bond donors (Lipinski definition) is 2. The molecule has 0 saturated heterocycles. The Bertz CT molecular complexity index is 376. The summed E-state index contributed by atoms with van der Waals surface area (Å²) in [6.07, 6.45) is -0.589. The van der Waals surface area contributed by atoms with Gasteiger partial charge >= 0.3 is 0 Å². The van der Waals surface area contributed by atoms with Crippen molar-refractivity contribution in [1.29, 1.82) is 0 Å². The number of nitrogens with one attached hydrogen (secondary N) is 1. The fraction of sp³-hybridized carbons (Fsp3) is 0.538. The Kier molecular flexibility index (Phi) is 7.81. The van der Waals surface area contributed by atoms with Crippen molar-refractivity contribution in [3.8, 4) is 11.5 Å². The molecule has 19 heavy (non-hydrogen) atoms. The predicted molar refractivity (Wildman–Crippen MR) is 76.9 cm³/mol. The lowest BCUT2D eigenvalue weighted by Gasteiger charge is -2.16. The molecular formula is C13H20BrNO4. The van der Waals surface area contributed by atoms with Crippen LogP contribution in [0.1, 0.15) is 0 Å². The minimum absolute atomic E-state index is 0.193. The number of rotatable bonds is 9. The van der Waals surface area contributed by atoms with Crippen LogP contribution in [0.25, 0.3) is 0 Å². The van der Waals surface area contributed by atoms with Gasteiger partial charge in [-0.15, -0.1) is 0 Å². The van der Waals surface area contributed by atoms with Crippen molar-refractivity contribution in [3.63, 3.8) is 0 Å². The second kappa shape index (κ2) is 9.14. The maximum atomic E-state index is 9.78. The molecule has 1 aromatic rings. The van der Waals surface area contributed by atoms with Crippen molar-refractivity contribution in [3.05, 3.63) is 22.7 Å². The largest absolute Gasteiger partial charge is 0.493 e. The molecule has 0 bridgehead atoms. The quantitative estimate of drug-likeness (QED) is 0.669. The highest BCUT2D eigenvalue weighted by molar-refractivity contribution is 9.10. The normalized spacial score (nSPS) is 12.2. The summed E-state index contributed by atoms with van der Waals surface area (Å²) in [5.41, 5.74) is 0. The van der Waals surface area contributed by atoms with E-state index in [0.29, 0.717) is 31.2 Å². The van der Waals surface area contributed by atoms with E-state index in [0.717, 1.165) is 4.47 Å². The molecular weight excluding hydrogens is 314 g/mol. The van der Waals surface area contributed by atoms with Crippen LogP contribution in [0.3, 0.4) is 0 Å². The third-order valence-corrected chi connectivity index (χ3v) is 3.06. The van der Waals surface area contributed by atoms with Gasteiger partial charge in [0.1, 0.15) is 12.7 Å². The van der Waals surface area contributed by atoms with E-state index in [1.165, 1.54) is 0 Å². The number of para-hydroxylation sites is 1. The summed E-state index contributed by atoms with van der Waals surface area (Å²) in [4.78, 5) is 0.